The maximum absolute atomic E-state index is 5.23. The Balaban J connectivity index is 0.00000387. The van der Waals surface area contributed by atoms with Gasteiger partial charge in [0, 0.05) is 46.0 Å². The number of nitrogens with one attached hydrogen (secondary N) is 1. The normalized spacial score (nSPS) is 12.2. The number of aromatic amines is 1. The second-order valence-corrected chi connectivity index (χ2v) is 11.3. The van der Waals surface area contributed by atoms with Gasteiger partial charge in [-0.15, -0.1) is 0 Å². The molecule has 0 amide bonds. The van der Waals surface area contributed by atoms with Crippen LogP contribution in [0.25, 0.3) is 46.4 Å². The van der Waals surface area contributed by atoms with Gasteiger partial charge in [-0.05, 0) is 111 Å². The van der Waals surface area contributed by atoms with Crippen LogP contribution < -0.4 is 0 Å². The zero-order valence-corrected chi connectivity index (χ0v) is 26.7. The van der Waals surface area contributed by atoms with Crippen molar-refractivity contribution in [2.45, 2.75) is 105 Å². The summed E-state index contributed by atoms with van der Waals surface area (Å²) in [5, 5.41) is 0. The van der Waals surface area contributed by atoms with Crippen LogP contribution in [0.5, 0.6) is 0 Å². The smallest absolute Gasteiger partial charge is 0.0690 e. The van der Waals surface area contributed by atoms with Gasteiger partial charge in [0.05, 0.1) is 28.3 Å². The fourth-order valence-electron chi connectivity index (χ4n) is 6.02. The maximum atomic E-state index is 5.23. The largest absolute Gasteiger partial charge is 0.355 e. The third kappa shape index (κ3) is 7.14. The van der Waals surface area contributed by atoms with Gasteiger partial charge in [0.1, 0.15) is 0 Å². The Hall–Kier alpha value is -2.87. The van der Waals surface area contributed by atoms with Crippen LogP contribution in [0.1, 0.15) is 119 Å². The molecule has 0 radical (unpaired) electrons. The quantitative estimate of drug-likeness (QED) is 0.158. The monoisotopic (exact) mass is 586 g/mol. The van der Waals surface area contributed by atoms with Crippen molar-refractivity contribution < 1.29 is 17.4 Å². The molecule has 3 aromatic rings. The van der Waals surface area contributed by atoms with Gasteiger partial charge in [-0.2, -0.15) is 0 Å². The number of nitrogens with zero attached hydrogens (tertiary/aromatic N) is 3. The van der Waals surface area contributed by atoms with Crippen molar-refractivity contribution in [2.75, 3.05) is 0 Å². The average Bonchev–Trinajstić information content (AvgIpc) is 3.75. The minimum Gasteiger partial charge on any atom is -0.355 e. The Bertz CT molecular complexity index is 1550. The van der Waals surface area contributed by atoms with Crippen LogP contribution in [0.4, 0.5) is 0 Å². The summed E-state index contributed by atoms with van der Waals surface area (Å²) in [5.74, 6) is 0. The van der Waals surface area contributed by atoms with E-state index in [1.807, 2.05) is 0 Å². The standard InChI is InChI=1S/C36H46N4.Cr/c1-5-9-13-31-32(14-10-6-2)36-33(15-11-7-3)34-21-20-29(39-34)24-28-17-16-26(37-28)23-27-18-19-30(38-27)25-35(31)40(36)22-12-8-4;/h16-21,23-25,37H,5-15,22H2,1-4H3;. The van der Waals surface area contributed by atoms with E-state index in [2.05, 4.69) is 91.9 Å². The first-order chi connectivity index (χ1) is 19.6. The molecular formula is C36H46CrN4. The number of rotatable bonds is 12. The number of hydrogen-bond donors (Lipinski definition) is 1. The van der Waals surface area contributed by atoms with Crippen LogP contribution in [0.15, 0.2) is 30.3 Å². The molecule has 0 spiro atoms. The fourth-order valence-corrected chi connectivity index (χ4v) is 6.02. The molecule has 2 aliphatic rings. The summed E-state index contributed by atoms with van der Waals surface area (Å²) in [6.45, 7) is 10.3. The summed E-state index contributed by atoms with van der Waals surface area (Å²) in [6.07, 6.45) is 21.5. The Morgan fingerprint density at radius 1 is 0.610 bits per heavy atom. The van der Waals surface area contributed by atoms with E-state index < -0.39 is 0 Å². The van der Waals surface area contributed by atoms with Crippen LogP contribution in [-0.4, -0.2) is 19.5 Å². The van der Waals surface area contributed by atoms with E-state index in [0.717, 1.165) is 59.6 Å². The molecule has 0 fully saturated rings. The van der Waals surface area contributed by atoms with Crippen molar-refractivity contribution in [1.82, 2.24) is 19.5 Å². The Morgan fingerprint density at radius 3 is 1.78 bits per heavy atom. The van der Waals surface area contributed by atoms with E-state index in [1.54, 1.807) is 11.1 Å². The zero-order chi connectivity index (χ0) is 27.9. The van der Waals surface area contributed by atoms with Crippen LogP contribution in [-0.2, 0) is 43.2 Å². The number of hydrogen-bond acceptors (Lipinski definition) is 2. The van der Waals surface area contributed by atoms with Crippen molar-refractivity contribution in [3.63, 3.8) is 0 Å². The van der Waals surface area contributed by atoms with Gasteiger partial charge in [0.15, 0.2) is 0 Å². The molecule has 0 aliphatic carbocycles. The zero-order valence-electron chi connectivity index (χ0n) is 25.4. The summed E-state index contributed by atoms with van der Waals surface area (Å²) >= 11 is 0. The van der Waals surface area contributed by atoms with Gasteiger partial charge in [-0.1, -0.05) is 53.4 Å². The molecule has 41 heavy (non-hydrogen) atoms. The van der Waals surface area contributed by atoms with Crippen molar-refractivity contribution in [1.29, 1.82) is 0 Å². The van der Waals surface area contributed by atoms with E-state index in [0.29, 0.717) is 0 Å². The van der Waals surface area contributed by atoms with Gasteiger partial charge in [0.2, 0.25) is 0 Å². The molecule has 8 bridgehead atoms. The second kappa shape index (κ2) is 14.9. The minimum absolute atomic E-state index is 0. The topological polar surface area (TPSA) is 46.5 Å². The first-order valence-corrected chi connectivity index (χ1v) is 15.8. The van der Waals surface area contributed by atoms with E-state index in [9.17, 15) is 0 Å². The summed E-state index contributed by atoms with van der Waals surface area (Å²) in [5.41, 5.74) is 13.7. The van der Waals surface area contributed by atoms with Gasteiger partial charge in [-0.3, -0.25) is 0 Å². The summed E-state index contributed by atoms with van der Waals surface area (Å²) in [6, 6.07) is 10.9. The molecule has 216 valence electrons. The molecule has 0 atom stereocenters. The summed E-state index contributed by atoms with van der Waals surface area (Å²) in [7, 11) is 0. The Kier molecular flexibility index (Phi) is 11.3. The number of aryl methyl sites for hydroxylation is 4. The third-order valence-electron chi connectivity index (χ3n) is 8.16. The van der Waals surface area contributed by atoms with Gasteiger partial charge in [0.25, 0.3) is 0 Å². The Labute approximate surface area is 257 Å². The third-order valence-corrected chi connectivity index (χ3v) is 8.16. The number of fused-ring (bicyclic) bond motifs is 8. The molecule has 2 aliphatic heterocycles. The van der Waals surface area contributed by atoms with Crippen molar-refractivity contribution >= 4 is 46.4 Å². The molecule has 5 heterocycles. The van der Waals surface area contributed by atoms with E-state index in [4.69, 9.17) is 9.97 Å². The van der Waals surface area contributed by atoms with E-state index in [-0.39, 0.29) is 17.4 Å². The fraction of sp³-hybridized carbons (Fsp3) is 0.444. The van der Waals surface area contributed by atoms with Gasteiger partial charge >= 0.3 is 0 Å². The molecule has 0 aromatic carbocycles. The van der Waals surface area contributed by atoms with Crippen molar-refractivity contribution in [3.05, 3.63) is 69.8 Å². The molecule has 4 nitrogen and oxygen atoms in total. The molecule has 0 unspecified atom stereocenters. The molecule has 5 heteroatoms. The predicted molar refractivity (Wildman–Crippen MR) is 173 cm³/mol. The number of H-pyrrole nitrogens is 1. The van der Waals surface area contributed by atoms with Crippen LogP contribution in [0, 0.1) is 0 Å². The molecule has 3 aromatic heterocycles. The first kappa shape index (κ1) is 31.1. The first-order valence-electron chi connectivity index (χ1n) is 15.8. The maximum Gasteiger partial charge on any atom is 0.0690 e. The predicted octanol–water partition coefficient (Wildman–Crippen LogP) is 9.95. The molecule has 0 saturated heterocycles. The molecule has 1 N–H and O–H groups in total. The molecule has 5 rings (SSSR count). The van der Waals surface area contributed by atoms with E-state index in [1.165, 1.54) is 68.0 Å². The summed E-state index contributed by atoms with van der Waals surface area (Å²) < 4.78 is 2.67. The van der Waals surface area contributed by atoms with Crippen LogP contribution in [0.3, 0.4) is 0 Å². The van der Waals surface area contributed by atoms with Crippen LogP contribution in [0.2, 0.25) is 0 Å². The Morgan fingerprint density at radius 2 is 1.15 bits per heavy atom. The van der Waals surface area contributed by atoms with Crippen molar-refractivity contribution in [2.24, 2.45) is 0 Å². The number of unbranched alkanes of at least 4 members (excludes halogenated alkanes) is 4. The average molecular weight is 587 g/mol. The van der Waals surface area contributed by atoms with Gasteiger partial charge in [-0.25, -0.2) is 9.97 Å². The second-order valence-electron chi connectivity index (χ2n) is 11.3. The minimum atomic E-state index is 0. The SMILES string of the molecule is CCCCc1c(CCCC)c2c(CCCC)c3nc(cc4ccc(cc5nc(cc1n2CCCC)C=C5)[nH]4)C=C3.[Cr]. The number of aromatic nitrogens is 4. The molecule has 0 saturated carbocycles. The van der Waals surface area contributed by atoms with E-state index >= 15 is 0 Å². The molecular weight excluding hydrogens is 540 g/mol. The van der Waals surface area contributed by atoms with Crippen LogP contribution >= 0.6 is 0 Å². The summed E-state index contributed by atoms with van der Waals surface area (Å²) in [4.78, 5) is 13.8. The van der Waals surface area contributed by atoms with Crippen molar-refractivity contribution in [3.8, 4) is 0 Å². The van der Waals surface area contributed by atoms with Gasteiger partial charge < -0.3 is 9.55 Å².